The molecule has 1 rings (SSSR count). The summed E-state index contributed by atoms with van der Waals surface area (Å²) in [6.45, 7) is 5.43. The Kier molecular flexibility index (Phi) is 2.39. The van der Waals surface area contributed by atoms with Crippen molar-refractivity contribution in [1.29, 1.82) is 0 Å². The number of nitrogens with zero attached hydrogens (tertiary/aromatic N) is 1. The Morgan fingerprint density at radius 1 is 1.73 bits per heavy atom. The average molecular weight is 155 g/mol. The second-order valence-electron chi connectivity index (χ2n) is 2.96. The number of Topliss-reactive ketones (excluding diaryl/α,β-unsaturated/α-hetero) is 2. The first kappa shape index (κ1) is 8.40. The second kappa shape index (κ2) is 3.13. The zero-order chi connectivity index (χ0) is 8.43. The fraction of sp³-hybridized carbons (Fsp3) is 0.750. The summed E-state index contributed by atoms with van der Waals surface area (Å²) in [6, 6.07) is 0. The Hall–Kier alpha value is -0.700. The Labute approximate surface area is 66.4 Å². The third-order valence-electron chi connectivity index (χ3n) is 2.15. The molecule has 0 saturated carbocycles. The van der Waals surface area contributed by atoms with Crippen LogP contribution in [-0.4, -0.2) is 36.1 Å². The highest BCUT2D eigenvalue weighted by molar-refractivity contribution is 6.03. The summed E-state index contributed by atoms with van der Waals surface area (Å²) in [5.74, 6) is -0.250. The number of rotatable bonds is 2. The summed E-state index contributed by atoms with van der Waals surface area (Å²) in [4.78, 5) is 24.0. The number of hydrogen-bond acceptors (Lipinski definition) is 3. The quantitative estimate of drug-likeness (QED) is 0.531. The van der Waals surface area contributed by atoms with E-state index in [9.17, 15) is 9.59 Å². The van der Waals surface area contributed by atoms with Crippen molar-refractivity contribution in [3.63, 3.8) is 0 Å². The molecular formula is C8H13NO2. The molecule has 3 heteroatoms. The zero-order valence-electron chi connectivity index (χ0n) is 6.96. The molecule has 11 heavy (non-hydrogen) atoms. The van der Waals surface area contributed by atoms with Crippen LogP contribution < -0.4 is 0 Å². The molecule has 1 heterocycles. The lowest BCUT2D eigenvalue weighted by molar-refractivity contribution is -0.128. The first-order valence-electron chi connectivity index (χ1n) is 3.90. The minimum Gasteiger partial charge on any atom is -0.299 e. The van der Waals surface area contributed by atoms with E-state index >= 15 is 0 Å². The van der Waals surface area contributed by atoms with Crippen LogP contribution in [0.25, 0.3) is 0 Å². The molecule has 0 spiro atoms. The van der Waals surface area contributed by atoms with Crippen molar-refractivity contribution in [2.24, 2.45) is 5.92 Å². The third kappa shape index (κ3) is 1.66. The smallest absolute Gasteiger partial charge is 0.158 e. The van der Waals surface area contributed by atoms with Gasteiger partial charge in [0.2, 0.25) is 0 Å². The van der Waals surface area contributed by atoms with Crippen LogP contribution in [0.1, 0.15) is 13.8 Å². The Bertz CT molecular complexity index is 189. The monoisotopic (exact) mass is 155 g/mol. The van der Waals surface area contributed by atoms with E-state index in [1.54, 1.807) is 0 Å². The third-order valence-corrected chi connectivity index (χ3v) is 2.15. The van der Waals surface area contributed by atoms with Gasteiger partial charge in [-0.3, -0.25) is 14.5 Å². The molecule has 0 aliphatic carbocycles. The van der Waals surface area contributed by atoms with Crippen molar-refractivity contribution in [1.82, 2.24) is 4.90 Å². The van der Waals surface area contributed by atoms with E-state index in [4.69, 9.17) is 0 Å². The van der Waals surface area contributed by atoms with Crippen LogP contribution in [0.5, 0.6) is 0 Å². The topological polar surface area (TPSA) is 37.4 Å². The van der Waals surface area contributed by atoms with Crippen molar-refractivity contribution < 1.29 is 9.59 Å². The largest absolute Gasteiger partial charge is 0.299 e. The lowest BCUT2D eigenvalue weighted by Crippen LogP contribution is -2.22. The lowest BCUT2D eigenvalue weighted by atomic mass is 10.0. The van der Waals surface area contributed by atoms with E-state index in [-0.39, 0.29) is 17.5 Å². The van der Waals surface area contributed by atoms with E-state index in [1.807, 2.05) is 11.8 Å². The Morgan fingerprint density at radius 2 is 2.36 bits per heavy atom. The highest BCUT2D eigenvalue weighted by atomic mass is 16.2. The SMILES string of the molecule is CCN1CC(=O)C(C(C)=O)C1. The van der Waals surface area contributed by atoms with Crippen LogP contribution in [0.2, 0.25) is 0 Å². The standard InChI is InChI=1S/C8H13NO2/c1-3-9-4-7(6(2)10)8(11)5-9/h7H,3-5H2,1-2H3. The predicted octanol–water partition coefficient (Wildman–Crippen LogP) is 0.0962. The number of hydrogen-bond donors (Lipinski definition) is 0. The molecule has 1 unspecified atom stereocenters. The van der Waals surface area contributed by atoms with E-state index < -0.39 is 0 Å². The molecule has 0 amide bonds. The van der Waals surface area contributed by atoms with Crippen LogP contribution in [0.15, 0.2) is 0 Å². The molecular weight excluding hydrogens is 142 g/mol. The molecule has 1 saturated heterocycles. The van der Waals surface area contributed by atoms with E-state index in [0.29, 0.717) is 13.1 Å². The summed E-state index contributed by atoms with van der Waals surface area (Å²) >= 11 is 0. The normalized spacial score (nSPS) is 26.0. The van der Waals surface area contributed by atoms with Crippen molar-refractivity contribution in [3.05, 3.63) is 0 Å². The fourth-order valence-electron chi connectivity index (χ4n) is 1.35. The molecule has 1 atom stereocenters. The fourth-order valence-corrected chi connectivity index (χ4v) is 1.35. The number of carbonyl (C=O) groups is 2. The predicted molar refractivity (Wildman–Crippen MR) is 41.3 cm³/mol. The lowest BCUT2D eigenvalue weighted by Gasteiger charge is -2.09. The first-order chi connectivity index (χ1) is 5.15. The molecule has 0 bridgehead atoms. The van der Waals surface area contributed by atoms with Gasteiger partial charge in [0.25, 0.3) is 0 Å². The molecule has 1 fully saturated rings. The summed E-state index contributed by atoms with van der Waals surface area (Å²) in [5, 5.41) is 0. The molecule has 62 valence electrons. The minimum atomic E-state index is -0.338. The summed E-state index contributed by atoms with van der Waals surface area (Å²) < 4.78 is 0. The van der Waals surface area contributed by atoms with Gasteiger partial charge < -0.3 is 0 Å². The maximum Gasteiger partial charge on any atom is 0.158 e. The van der Waals surface area contributed by atoms with Gasteiger partial charge in [-0.2, -0.15) is 0 Å². The van der Waals surface area contributed by atoms with Crippen molar-refractivity contribution in [2.75, 3.05) is 19.6 Å². The number of likely N-dealkylation sites (tertiary alicyclic amines) is 1. The zero-order valence-corrected chi connectivity index (χ0v) is 6.96. The van der Waals surface area contributed by atoms with Crippen molar-refractivity contribution in [3.8, 4) is 0 Å². The average Bonchev–Trinajstić information content (AvgIpc) is 2.30. The van der Waals surface area contributed by atoms with Gasteiger partial charge in [-0.15, -0.1) is 0 Å². The second-order valence-corrected chi connectivity index (χ2v) is 2.96. The molecule has 0 N–H and O–H groups in total. The van der Waals surface area contributed by atoms with Crippen LogP contribution >= 0.6 is 0 Å². The van der Waals surface area contributed by atoms with Gasteiger partial charge in [0.15, 0.2) is 5.78 Å². The number of carbonyl (C=O) groups excluding carboxylic acids is 2. The van der Waals surface area contributed by atoms with Crippen molar-refractivity contribution in [2.45, 2.75) is 13.8 Å². The molecule has 0 aromatic rings. The van der Waals surface area contributed by atoms with E-state index in [0.717, 1.165) is 6.54 Å². The molecule has 0 radical (unpaired) electrons. The Morgan fingerprint density at radius 3 is 2.64 bits per heavy atom. The minimum absolute atomic E-state index is 0.00551. The molecule has 3 nitrogen and oxygen atoms in total. The number of ketones is 2. The molecule has 0 aromatic carbocycles. The van der Waals surface area contributed by atoms with Crippen LogP contribution in [0.3, 0.4) is 0 Å². The van der Waals surface area contributed by atoms with Gasteiger partial charge in [-0.1, -0.05) is 6.92 Å². The van der Waals surface area contributed by atoms with Gasteiger partial charge >= 0.3 is 0 Å². The number of likely N-dealkylation sites (N-methyl/N-ethyl adjacent to an activating group) is 1. The van der Waals surface area contributed by atoms with Gasteiger partial charge in [0.05, 0.1) is 12.5 Å². The maximum absolute atomic E-state index is 11.1. The van der Waals surface area contributed by atoms with Crippen molar-refractivity contribution >= 4 is 11.6 Å². The van der Waals surface area contributed by atoms with Gasteiger partial charge in [0, 0.05) is 6.54 Å². The Balaban J connectivity index is 2.59. The first-order valence-corrected chi connectivity index (χ1v) is 3.90. The van der Waals surface area contributed by atoms with Gasteiger partial charge in [-0.25, -0.2) is 0 Å². The van der Waals surface area contributed by atoms with Crippen LogP contribution in [0, 0.1) is 5.92 Å². The van der Waals surface area contributed by atoms with Gasteiger partial charge in [-0.05, 0) is 13.5 Å². The molecule has 1 aliphatic rings. The van der Waals surface area contributed by atoms with Gasteiger partial charge in [0.1, 0.15) is 5.78 Å². The van der Waals surface area contributed by atoms with E-state index in [2.05, 4.69) is 0 Å². The van der Waals surface area contributed by atoms with Crippen LogP contribution in [0.4, 0.5) is 0 Å². The van der Waals surface area contributed by atoms with E-state index in [1.165, 1.54) is 6.92 Å². The van der Waals surface area contributed by atoms with Crippen LogP contribution in [-0.2, 0) is 9.59 Å². The highest BCUT2D eigenvalue weighted by Gasteiger charge is 2.32. The highest BCUT2D eigenvalue weighted by Crippen LogP contribution is 2.12. The summed E-state index contributed by atoms with van der Waals surface area (Å²) in [6.07, 6.45) is 0. The molecule has 1 aliphatic heterocycles. The summed E-state index contributed by atoms with van der Waals surface area (Å²) in [7, 11) is 0. The summed E-state index contributed by atoms with van der Waals surface area (Å²) in [5.41, 5.74) is 0. The molecule has 0 aromatic heterocycles. The maximum atomic E-state index is 11.1.